The molecule has 0 fully saturated rings. The minimum absolute atomic E-state index is 0.102. The largest absolute Gasteiger partial charge is 0.491 e. The van der Waals surface area contributed by atoms with Crippen LogP contribution in [0, 0.1) is 0 Å². The topological polar surface area (TPSA) is 55.5 Å². The second kappa shape index (κ2) is 7.06. The Bertz CT molecular complexity index is 345. The molecule has 0 saturated heterocycles. The number of halogens is 2. The molecule has 0 unspecified atom stereocenters. The average molecular weight is 245 g/mol. The Balaban J connectivity index is 2.43. The summed E-state index contributed by atoms with van der Waals surface area (Å²) < 4.78 is 30.1. The van der Waals surface area contributed by atoms with Crippen LogP contribution in [-0.2, 0) is 0 Å². The Morgan fingerprint density at radius 2 is 2.00 bits per heavy atom. The molecule has 17 heavy (non-hydrogen) atoms. The molecule has 0 spiro atoms. The van der Waals surface area contributed by atoms with E-state index in [0.29, 0.717) is 12.4 Å². The number of hydrogen-bond acceptors (Lipinski definition) is 3. The molecule has 0 aliphatic heterocycles. The van der Waals surface area contributed by atoms with Gasteiger partial charge in [-0.3, -0.25) is 0 Å². The molecule has 0 amide bonds. The third-order valence-electron chi connectivity index (χ3n) is 2.35. The fraction of sp³-hybridized carbons (Fsp3) is 0.500. The van der Waals surface area contributed by atoms with E-state index in [4.69, 9.17) is 15.6 Å². The molecule has 0 radical (unpaired) electrons. The first-order valence-corrected chi connectivity index (χ1v) is 5.56. The molecule has 1 aromatic carbocycles. The van der Waals surface area contributed by atoms with Crippen LogP contribution >= 0.6 is 0 Å². The number of aliphatic hydroxyl groups is 1. The quantitative estimate of drug-likeness (QED) is 0.573. The van der Waals surface area contributed by atoms with Gasteiger partial charge in [-0.2, -0.15) is 0 Å². The molecule has 1 aromatic rings. The average Bonchev–Trinajstić information content (AvgIpc) is 2.30. The van der Waals surface area contributed by atoms with Gasteiger partial charge in [0.25, 0.3) is 6.43 Å². The van der Waals surface area contributed by atoms with Crippen LogP contribution in [0.4, 0.5) is 14.5 Å². The number of hydrogen-bond donors (Lipinski definition) is 2. The Kier molecular flexibility index (Phi) is 5.69. The van der Waals surface area contributed by atoms with Crippen molar-refractivity contribution < 1.29 is 18.6 Å². The zero-order chi connectivity index (χ0) is 12.7. The van der Waals surface area contributed by atoms with Crippen molar-refractivity contribution in [2.45, 2.75) is 25.7 Å². The fourth-order valence-electron chi connectivity index (χ4n) is 1.41. The summed E-state index contributed by atoms with van der Waals surface area (Å²) in [4.78, 5) is 0. The van der Waals surface area contributed by atoms with Gasteiger partial charge in [-0.1, -0.05) is 0 Å². The Morgan fingerprint density at radius 3 is 2.59 bits per heavy atom. The van der Waals surface area contributed by atoms with Crippen molar-refractivity contribution in [3.63, 3.8) is 0 Å². The lowest BCUT2D eigenvalue weighted by Gasteiger charge is -2.10. The van der Waals surface area contributed by atoms with Crippen LogP contribution in [0.15, 0.2) is 18.2 Å². The molecule has 3 N–H and O–H groups in total. The number of nitrogen functional groups attached to an aromatic ring is 1. The minimum Gasteiger partial charge on any atom is -0.491 e. The van der Waals surface area contributed by atoms with E-state index in [1.165, 1.54) is 18.2 Å². The molecule has 0 atom stereocenters. The normalized spacial score (nSPS) is 10.8. The molecule has 3 nitrogen and oxygen atoms in total. The number of benzene rings is 1. The molecular weight excluding hydrogens is 228 g/mol. The zero-order valence-electron chi connectivity index (χ0n) is 9.53. The summed E-state index contributed by atoms with van der Waals surface area (Å²) in [5.41, 5.74) is 5.73. The highest BCUT2D eigenvalue weighted by atomic mass is 19.3. The summed E-state index contributed by atoms with van der Waals surface area (Å²) in [5.74, 6) is 0.429. The van der Waals surface area contributed by atoms with E-state index in [2.05, 4.69) is 0 Å². The number of ether oxygens (including phenoxy) is 1. The van der Waals surface area contributed by atoms with Crippen LogP contribution in [0.25, 0.3) is 0 Å². The highest BCUT2D eigenvalue weighted by Gasteiger charge is 2.09. The van der Waals surface area contributed by atoms with Crippen molar-refractivity contribution in [3.05, 3.63) is 23.8 Å². The van der Waals surface area contributed by atoms with E-state index < -0.39 is 6.43 Å². The zero-order valence-corrected chi connectivity index (χ0v) is 9.53. The summed E-state index contributed by atoms with van der Waals surface area (Å²) in [6.07, 6.45) is -0.110. The van der Waals surface area contributed by atoms with Crippen molar-refractivity contribution in [1.82, 2.24) is 0 Å². The first kappa shape index (κ1) is 13.7. The van der Waals surface area contributed by atoms with Gasteiger partial charge in [0.1, 0.15) is 5.75 Å². The van der Waals surface area contributed by atoms with Crippen molar-refractivity contribution in [1.29, 1.82) is 0 Å². The lowest BCUT2D eigenvalue weighted by molar-refractivity contribution is 0.151. The summed E-state index contributed by atoms with van der Waals surface area (Å²) in [7, 11) is 0. The van der Waals surface area contributed by atoms with Gasteiger partial charge in [0, 0.05) is 12.2 Å². The van der Waals surface area contributed by atoms with Crippen LogP contribution in [0.3, 0.4) is 0 Å². The third kappa shape index (κ3) is 4.56. The second-order valence-electron chi connectivity index (χ2n) is 3.73. The highest BCUT2D eigenvalue weighted by molar-refractivity contribution is 5.54. The van der Waals surface area contributed by atoms with Crippen LogP contribution in [0.1, 0.15) is 31.3 Å². The summed E-state index contributed by atoms with van der Waals surface area (Å²) in [5, 5.41) is 8.58. The fourth-order valence-corrected chi connectivity index (χ4v) is 1.41. The van der Waals surface area contributed by atoms with Crippen molar-refractivity contribution in [2.24, 2.45) is 0 Å². The van der Waals surface area contributed by atoms with Gasteiger partial charge < -0.3 is 15.6 Å². The smallest absolute Gasteiger partial charge is 0.263 e. The number of anilines is 1. The first-order valence-electron chi connectivity index (χ1n) is 5.56. The summed E-state index contributed by atoms with van der Waals surface area (Å²) in [6, 6.07) is 4.00. The minimum atomic E-state index is -2.52. The van der Waals surface area contributed by atoms with E-state index in [1.807, 2.05) is 0 Å². The Hall–Kier alpha value is -1.36. The van der Waals surface area contributed by atoms with Crippen LogP contribution in [-0.4, -0.2) is 18.3 Å². The van der Waals surface area contributed by atoms with Crippen LogP contribution < -0.4 is 10.5 Å². The second-order valence-corrected chi connectivity index (χ2v) is 3.73. The van der Waals surface area contributed by atoms with E-state index in [-0.39, 0.29) is 17.9 Å². The molecule has 0 saturated carbocycles. The van der Waals surface area contributed by atoms with E-state index in [9.17, 15) is 8.78 Å². The first-order chi connectivity index (χ1) is 8.15. The molecule has 1 rings (SSSR count). The maximum absolute atomic E-state index is 12.4. The van der Waals surface area contributed by atoms with Gasteiger partial charge in [-0.15, -0.1) is 0 Å². The number of unbranched alkanes of at least 4 members (excludes halogenated alkanes) is 2. The number of alkyl halides is 2. The third-order valence-corrected chi connectivity index (χ3v) is 2.35. The molecule has 0 aromatic heterocycles. The number of nitrogens with two attached hydrogens (primary N) is 1. The molecule has 96 valence electrons. The van der Waals surface area contributed by atoms with Gasteiger partial charge in [-0.05, 0) is 37.5 Å². The molecule has 0 bridgehead atoms. The molecule has 5 heteroatoms. The number of aliphatic hydroxyl groups excluding tert-OH is 1. The van der Waals surface area contributed by atoms with Crippen LogP contribution in [0.2, 0.25) is 0 Å². The van der Waals surface area contributed by atoms with Crippen molar-refractivity contribution in [2.75, 3.05) is 18.9 Å². The van der Waals surface area contributed by atoms with Gasteiger partial charge in [0.2, 0.25) is 0 Å². The molecular formula is C12H17F2NO2. The maximum Gasteiger partial charge on any atom is 0.263 e. The number of rotatable bonds is 7. The van der Waals surface area contributed by atoms with Crippen molar-refractivity contribution >= 4 is 5.69 Å². The predicted molar refractivity (Wildman–Crippen MR) is 62.2 cm³/mol. The van der Waals surface area contributed by atoms with Gasteiger partial charge in [0.15, 0.2) is 0 Å². The molecule has 0 heterocycles. The van der Waals surface area contributed by atoms with Crippen LogP contribution in [0.5, 0.6) is 5.75 Å². The standard InChI is InChI=1S/C12H17F2NO2/c13-12(14)9-4-5-11(10(15)8-9)17-7-3-1-2-6-16/h4-5,8,12,16H,1-3,6-7,15H2. The Labute approximate surface area is 99.2 Å². The predicted octanol–water partition coefficient (Wildman–Crippen LogP) is 2.75. The van der Waals surface area contributed by atoms with E-state index in [0.717, 1.165) is 19.3 Å². The van der Waals surface area contributed by atoms with Gasteiger partial charge in [0.05, 0.1) is 12.3 Å². The lowest BCUT2D eigenvalue weighted by atomic mass is 10.2. The van der Waals surface area contributed by atoms with Gasteiger partial charge >= 0.3 is 0 Å². The molecule has 0 aliphatic rings. The lowest BCUT2D eigenvalue weighted by Crippen LogP contribution is -2.01. The summed E-state index contributed by atoms with van der Waals surface area (Å²) in [6.45, 7) is 0.642. The van der Waals surface area contributed by atoms with E-state index >= 15 is 0 Å². The molecule has 0 aliphatic carbocycles. The highest BCUT2D eigenvalue weighted by Crippen LogP contribution is 2.27. The maximum atomic E-state index is 12.4. The van der Waals surface area contributed by atoms with Gasteiger partial charge in [-0.25, -0.2) is 8.78 Å². The van der Waals surface area contributed by atoms with E-state index in [1.54, 1.807) is 0 Å². The Morgan fingerprint density at radius 1 is 1.24 bits per heavy atom. The van der Waals surface area contributed by atoms with Crippen molar-refractivity contribution in [3.8, 4) is 5.75 Å². The summed E-state index contributed by atoms with van der Waals surface area (Å²) >= 11 is 0. The monoisotopic (exact) mass is 245 g/mol. The SMILES string of the molecule is Nc1cc(C(F)F)ccc1OCCCCCO.